The normalized spacial score (nSPS) is 59.1. The molecule has 7 atom stereocenters. The lowest BCUT2D eigenvalue weighted by Gasteiger charge is -2.36. The molecule has 0 N–H and O–H groups in total. The topological polar surface area (TPSA) is 0 Å². The highest BCUT2D eigenvalue weighted by atomic mass is 32.1. The smallest absolute Gasteiger partial charge is 0.00952 e. The van der Waals surface area contributed by atoms with Crippen LogP contribution in [0.4, 0.5) is 0 Å². The van der Waals surface area contributed by atoms with Crippen LogP contribution in [-0.2, 0) is 0 Å². The van der Waals surface area contributed by atoms with Gasteiger partial charge in [-0.2, -0.15) is 12.6 Å². The largest absolute Gasteiger partial charge is 0.179 e. The van der Waals surface area contributed by atoms with E-state index in [1.54, 1.807) is 12.8 Å². The number of rotatable bonds is 2. The molecule has 0 aromatic heterocycles. The van der Waals surface area contributed by atoms with Gasteiger partial charge in [0.05, 0.1) is 0 Å². The molecular weight excluding hydrogens is 200 g/mol. The van der Waals surface area contributed by atoms with E-state index < -0.39 is 0 Å². The molecule has 0 spiro atoms. The lowest BCUT2D eigenvalue weighted by atomic mass is 9.69. The zero-order valence-electron chi connectivity index (χ0n) is 9.18. The van der Waals surface area contributed by atoms with Crippen molar-refractivity contribution in [3.05, 3.63) is 12.2 Å². The average molecular weight is 220 g/mol. The van der Waals surface area contributed by atoms with Gasteiger partial charge in [-0.3, -0.25) is 0 Å². The maximum absolute atomic E-state index is 4.43. The summed E-state index contributed by atoms with van der Waals surface area (Å²) in [5, 5.41) is 0. The van der Waals surface area contributed by atoms with E-state index in [4.69, 9.17) is 0 Å². The highest BCUT2D eigenvalue weighted by Crippen LogP contribution is 2.67. The van der Waals surface area contributed by atoms with E-state index in [0.717, 1.165) is 47.2 Å². The van der Waals surface area contributed by atoms with Crippen LogP contribution in [0.1, 0.15) is 25.7 Å². The second-order valence-corrected chi connectivity index (χ2v) is 6.72. The van der Waals surface area contributed by atoms with Crippen LogP contribution in [0.3, 0.4) is 0 Å². The Labute approximate surface area is 97.9 Å². The Hall–Kier alpha value is 0.0900. The highest BCUT2D eigenvalue weighted by molar-refractivity contribution is 7.80. The predicted octanol–water partition coefficient (Wildman–Crippen LogP) is 3.40. The van der Waals surface area contributed by atoms with Gasteiger partial charge < -0.3 is 0 Å². The number of hydrogen-bond donors (Lipinski definition) is 1. The van der Waals surface area contributed by atoms with Crippen LogP contribution in [0, 0.1) is 41.4 Å². The molecule has 4 bridgehead atoms. The van der Waals surface area contributed by atoms with Crippen LogP contribution in [0.25, 0.3) is 0 Å². The lowest BCUT2D eigenvalue weighted by molar-refractivity contribution is 0.148. The highest BCUT2D eigenvalue weighted by Gasteiger charge is 2.60. The van der Waals surface area contributed by atoms with Crippen LogP contribution < -0.4 is 0 Å². The summed E-state index contributed by atoms with van der Waals surface area (Å²) in [6.45, 7) is 0. The Balaban J connectivity index is 1.63. The van der Waals surface area contributed by atoms with E-state index in [-0.39, 0.29) is 0 Å². The molecule has 82 valence electrons. The minimum Gasteiger partial charge on any atom is -0.179 e. The molecule has 0 saturated heterocycles. The molecule has 4 aliphatic carbocycles. The van der Waals surface area contributed by atoms with Crippen LogP contribution in [-0.4, -0.2) is 5.75 Å². The molecule has 15 heavy (non-hydrogen) atoms. The summed E-state index contributed by atoms with van der Waals surface area (Å²) in [6.07, 6.45) is 11.1. The number of hydrogen-bond acceptors (Lipinski definition) is 1. The van der Waals surface area contributed by atoms with Crippen molar-refractivity contribution in [1.29, 1.82) is 0 Å². The third-order valence-electron chi connectivity index (χ3n) is 5.91. The van der Waals surface area contributed by atoms with Gasteiger partial charge in [-0.05, 0) is 72.9 Å². The third kappa shape index (κ3) is 1.06. The van der Waals surface area contributed by atoms with Crippen molar-refractivity contribution in [2.75, 3.05) is 5.75 Å². The van der Waals surface area contributed by atoms with Crippen molar-refractivity contribution in [3.63, 3.8) is 0 Å². The Morgan fingerprint density at radius 2 is 1.80 bits per heavy atom. The zero-order valence-corrected chi connectivity index (χ0v) is 10.1. The Morgan fingerprint density at radius 3 is 2.60 bits per heavy atom. The van der Waals surface area contributed by atoms with Crippen molar-refractivity contribution < 1.29 is 0 Å². The maximum atomic E-state index is 4.43. The number of thiol groups is 1. The van der Waals surface area contributed by atoms with Gasteiger partial charge >= 0.3 is 0 Å². The van der Waals surface area contributed by atoms with Gasteiger partial charge in [-0.25, -0.2) is 0 Å². The van der Waals surface area contributed by atoms with Gasteiger partial charge in [-0.15, -0.1) is 0 Å². The molecule has 3 saturated carbocycles. The molecule has 0 aromatic carbocycles. The van der Waals surface area contributed by atoms with E-state index in [1.807, 2.05) is 0 Å². The first-order valence-electron chi connectivity index (χ1n) is 6.67. The summed E-state index contributed by atoms with van der Waals surface area (Å²) >= 11 is 4.43. The van der Waals surface area contributed by atoms with Gasteiger partial charge in [0.25, 0.3) is 0 Å². The van der Waals surface area contributed by atoms with Crippen LogP contribution in [0.2, 0.25) is 0 Å². The summed E-state index contributed by atoms with van der Waals surface area (Å²) in [5.41, 5.74) is 0. The lowest BCUT2D eigenvalue weighted by Crippen LogP contribution is -2.31. The van der Waals surface area contributed by atoms with E-state index in [9.17, 15) is 0 Å². The summed E-state index contributed by atoms with van der Waals surface area (Å²) in [7, 11) is 0. The molecule has 0 radical (unpaired) electrons. The van der Waals surface area contributed by atoms with Crippen molar-refractivity contribution in [2.24, 2.45) is 41.4 Å². The van der Waals surface area contributed by atoms with E-state index >= 15 is 0 Å². The van der Waals surface area contributed by atoms with E-state index in [2.05, 4.69) is 24.8 Å². The van der Waals surface area contributed by atoms with Gasteiger partial charge in [0, 0.05) is 0 Å². The summed E-state index contributed by atoms with van der Waals surface area (Å²) in [6, 6.07) is 0. The standard InChI is InChI=1S/C14H20S/c15-4-3-8-5-11-7-12(8)14-10-2-1-9(6-10)13(11)14/h1-2,8-15H,3-7H2. The summed E-state index contributed by atoms with van der Waals surface area (Å²) < 4.78 is 0. The molecule has 1 heteroatoms. The molecule has 4 aliphatic rings. The zero-order chi connectivity index (χ0) is 9.99. The van der Waals surface area contributed by atoms with Crippen LogP contribution in [0.5, 0.6) is 0 Å². The number of fused-ring (bicyclic) bond motifs is 9. The minimum atomic E-state index is 0.984. The predicted molar refractivity (Wildman–Crippen MR) is 65.9 cm³/mol. The van der Waals surface area contributed by atoms with Crippen LogP contribution in [0.15, 0.2) is 12.2 Å². The fraction of sp³-hybridized carbons (Fsp3) is 0.857. The molecule has 0 nitrogen and oxygen atoms in total. The third-order valence-corrected chi connectivity index (χ3v) is 6.17. The quantitative estimate of drug-likeness (QED) is 0.411. The molecule has 0 aromatic rings. The van der Waals surface area contributed by atoms with E-state index in [0.29, 0.717) is 0 Å². The molecule has 7 unspecified atom stereocenters. The van der Waals surface area contributed by atoms with Gasteiger partial charge in [0.2, 0.25) is 0 Å². The van der Waals surface area contributed by atoms with Crippen molar-refractivity contribution in [2.45, 2.75) is 25.7 Å². The fourth-order valence-corrected chi connectivity index (χ4v) is 5.98. The molecular formula is C14H20S. The first kappa shape index (κ1) is 9.15. The SMILES string of the molecule is SCCC1CC2CC1C1C3C=CC(C3)C21. The number of allylic oxidation sites excluding steroid dienone is 2. The second kappa shape index (κ2) is 3.06. The molecule has 3 fully saturated rings. The first-order valence-corrected chi connectivity index (χ1v) is 7.31. The van der Waals surface area contributed by atoms with Gasteiger partial charge in [-0.1, -0.05) is 12.2 Å². The molecule has 0 amide bonds. The van der Waals surface area contributed by atoms with Gasteiger partial charge in [0.15, 0.2) is 0 Å². The minimum absolute atomic E-state index is 0.984. The monoisotopic (exact) mass is 220 g/mol. The first-order chi connectivity index (χ1) is 7.38. The Kier molecular flexibility index (Phi) is 1.87. The molecule has 0 aliphatic heterocycles. The average Bonchev–Trinajstić information content (AvgIpc) is 2.95. The van der Waals surface area contributed by atoms with Crippen molar-refractivity contribution >= 4 is 12.6 Å². The summed E-state index contributed by atoms with van der Waals surface area (Å²) in [5.74, 6) is 8.53. The molecule has 0 heterocycles. The Bertz CT molecular complexity index is 308. The maximum Gasteiger partial charge on any atom is -0.00952 e. The molecule has 4 rings (SSSR count). The van der Waals surface area contributed by atoms with Crippen molar-refractivity contribution in [1.82, 2.24) is 0 Å². The van der Waals surface area contributed by atoms with Crippen molar-refractivity contribution in [3.8, 4) is 0 Å². The fourth-order valence-electron chi connectivity index (χ4n) is 5.65. The second-order valence-electron chi connectivity index (χ2n) is 6.27. The summed E-state index contributed by atoms with van der Waals surface area (Å²) in [4.78, 5) is 0. The van der Waals surface area contributed by atoms with E-state index in [1.165, 1.54) is 12.8 Å². The van der Waals surface area contributed by atoms with Crippen LogP contribution >= 0.6 is 12.6 Å². The Morgan fingerprint density at radius 1 is 1.00 bits per heavy atom. The van der Waals surface area contributed by atoms with Gasteiger partial charge in [0.1, 0.15) is 0 Å².